The second-order valence-corrected chi connectivity index (χ2v) is 8.47. The average Bonchev–Trinajstić information content (AvgIpc) is 2.28. The maximum Gasteiger partial charge on any atom is 0.240 e. The van der Waals surface area contributed by atoms with Crippen LogP contribution in [0.2, 0.25) is 0 Å². The predicted octanol–water partition coefficient (Wildman–Crippen LogP) is 2.66. The van der Waals surface area contributed by atoms with E-state index in [4.69, 9.17) is 0 Å². The molecule has 1 aromatic rings. The van der Waals surface area contributed by atoms with E-state index in [0.29, 0.717) is 6.42 Å². The van der Waals surface area contributed by atoms with Crippen LogP contribution in [-0.4, -0.2) is 26.2 Å². The Bertz CT molecular complexity index is 569. The number of aliphatic hydroxyl groups excluding tert-OH is 1. The largest absolute Gasteiger partial charge is 0.392 e. The third-order valence-corrected chi connectivity index (χ3v) is 4.62. The predicted molar refractivity (Wildman–Crippen MR) is 79.4 cm³/mol. The van der Waals surface area contributed by atoms with E-state index >= 15 is 0 Å². The molecule has 0 aliphatic heterocycles. The van der Waals surface area contributed by atoms with Crippen LogP contribution in [0.25, 0.3) is 0 Å². The van der Waals surface area contributed by atoms with Crippen molar-refractivity contribution in [1.29, 1.82) is 0 Å². The lowest BCUT2D eigenvalue weighted by Crippen LogP contribution is -2.34. The molecule has 0 fully saturated rings. The van der Waals surface area contributed by atoms with Crippen molar-refractivity contribution in [3.8, 4) is 0 Å². The zero-order valence-corrected chi connectivity index (χ0v) is 14.1. The first-order valence-corrected chi connectivity index (χ1v) is 8.42. The lowest BCUT2D eigenvalue weighted by atomic mass is 9.89. The average molecular weight is 368 g/mol. The zero-order valence-electron chi connectivity index (χ0n) is 11.7. The van der Waals surface area contributed by atoms with Crippen molar-refractivity contribution in [2.24, 2.45) is 5.41 Å². The number of hydrogen-bond donors (Lipinski definition) is 2. The molecule has 7 heteroatoms. The molecule has 2 N–H and O–H groups in total. The van der Waals surface area contributed by atoms with E-state index in [-0.39, 0.29) is 21.3 Å². The van der Waals surface area contributed by atoms with Crippen LogP contribution in [0.4, 0.5) is 4.39 Å². The summed E-state index contributed by atoms with van der Waals surface area (Å²) in [4.78, 5) is -0.166. The molecule has 0 saturated carbocycles. The molecular weight excluding hydrogens is 349 g/mol. The van der Waals surface area contributed by atoms with E-state index < -0.39 is 21.9 Å². The fraction of sp³-hybridized carbons (Fsp3) is 0.538. The van der Waals surface area contributed by atoms with Gasteiger partial charge >= 0.3 is 0 Å². The van der Waals surface area contributed by atoms with Gasteiger partial charge in [0.15, 0.2) is 0 Å². The van der Waals surface area contributed by atoms with Gasteiger partial charge in [-0.3, -0.25) is 0 Å². The van der Waals surface area contributed by atoms with E-state index in [0.717, 1.165) is 6.07 Å². The van der Waals surface area contributed by atoms with Gasteiger partial charge in [0, 0.05) is 6.54 Å². The van der Waals surface area contributed by atoms with Gasteiger partial charge in [0.2, 0.25) is 10.0 Å². The molecule has 0 amide bonds. The van der Waals surface area contributed by atoms with Crippen LogP contribution in [0, 0.1) is 11.2 Å². The van der Waals surface area contributed by atoms with Crippen molar-refractivity contribution >= 4 is 26.0 Å². The van der Waals surface area contributed by atoms with Crippen LogP contribution in [0.15, 0.2) is 27.6 Å². The number of benzene rings is 1. The first kappa shape index (κ1) is 17.6. The number of halogens is 2. The second kappa shape index (κ2) is 6.51. The summed E-state index contributed by atoms with van der Waals surface area (Å²) < 4.78 is 39.7. The van der Waals surface area contributed by atoms with Gasteiger partial charge in [0.05, 0.1) is 15.5 Å². The molecular formula is C13H19BrFNO3S. The smallest absolute Gasteiger partial charge is 0.240 e. The summed E-state index contributed by atoms with van der Waals surface area (Å²) in [6.07, 6.45) is -0.324. The molecule has 0 radical (unpaired) electrons. The number of rotatable bonds is 5. The molecule has 1 aromatic carbocycles. The third kappa shape index (κ3) is 5.47. The number of nitrogens with one attached hydrogen (secondary N) is 1. The molecule has 0 saturated heterocycles. The summed E-state index contributed by atoms with van der Waals surface area (Å²) in [5.74, 6) is -0.650. The Balaban J connectivity index is 2.73. The highest BCUT2D eigenvalue weighted by atomic mass is 79.9. The summed E-state index contributed by atoms with van der Waals surface area (Å²) in [6.45, 7) is 5.76. The highest BCUT2D eigenvalue weighted by Crippen LogP contribution is 2.21. The molecule has 114 valence electrons. The molecule has 0 aromatic heterocycles. The van der Waals surface area contributed by atoms with E-state index in [2.05, 4.69) is 20.7 Å². The maximum atomic E-state index is 13.3. The van der Waals surface area contributed by atoms with Crippen LogP contribution in [0.5, 0.6) is 0 Å². The summed E-state index contributed by atoms with van der Waals surface area (Å²) in [5, 5.41) is 9.79. The summed E-state index contributed by atoms with van der Waals surface area (Å²) >= 11 is 2.96. The van der Waals surface area contributed by atoms with Crippen LogP contribution in [0.1, 0.15) is 27.2 Å². The fourth-order valence-corrected chi connectivity index (χ4v) is 3.04. The van der Waals surface area contributed by atoms with Crippen molar-refractivity contribution in [2.45, 2.75) is 38.2 Å². The molecule has 0 aliphatic rings. The van der Waals surface area contributed by atoms with Gasteiger partial charge in [0.1, 0.15) is 5.82 Å². The minimum atomic E-state index is -3.82. The minimum Gasteiger partial charge on any atom is -0.392 e. The zero-order chi connectivity index (χ0) is 15.6. The van der Waals surface area contributed by atoms with E-state index in [9.17, 15) is 17.9 Å². The van der Waals surface area contributed by atoms with Gasteiger partial charge in [-0.05, 0) is 46.0 Å². The Kier molecular flexibility index (Phi) is 5.71. The SMILES string of the molecule is CC(C)(C)CC(O)CNS(=O)(=O)c1ccc(Br)c(F)c1. The van der Waals surface area contributed by atoms with Gasteiger partial charge in [-0.25, -0.2) is 17.5 Å². The van der Waals surface area contributed by atoms with Crippen molar-refractivity contribution in [3.05, 3.63) is 28.5 Å². The summed E-state index contributed by atoms with van der Waals surface area (Å²) in [5.41, 5.74) is -0.103. The van der Waals surface area contributed by atoms with Crippen molar-refractivity contribution in [3.63, 3.8) is 0 Å². The van der Waals surface area contributed by atoms with Crippen molar-refractivity contribution in [1.82, 2.24) is 4.72 Å². The minimum absolute atomic E-state index is 0.0999. The standard InChI is InChI=1S/C13H19BrFNO3S/c1-13(2,3)7-9(17)8-16-20(18,19)10-4-5-11(14)12(15)6-10/h4-6,9,16-17H,7-8H2,1-3H3. The molecule has 1 rings (SSSR count). The van der Waals surface area contributed by atoms with Crippen LogP contribution < -0.4 is 4.72 Å². The second-order valence-electron chi connectivity index (χ2n) is 5.85. The lowest BCUT2D eigenvalue weighted by molar-refractivity contribution is 0.125. The van der Waals surface area contributed by atoms with E-state index in [1.54, 1.807) is 0 Å². The quantitative estimate of drug-likeness (QED) is 0.840. The van der Waals surface area contributed by atoms with Gasteiger partial charge in [-0.15, -0.1) is 0 Å². The van der Waals surface area contributed by atoms with E-state index in [1.807, 2.05) is 20.8 Å². The Hall–Kier alpha value is -0.500. The van der Waals surface area contributed by atoms with Gasteiger partial charge < -0.3 is 5.11 Å². The molecule has 4 nitrogen and oxygen atoms in total. The molecule has 1 unspecified atom stereocenters. The normalized spacial score (nSPS) is 14.3. The molecule has 0 bridgehead atoms. The first-order valence-electron chi connectivity index (χ1n) is 6.14. The molecule has 1 atom stereocenters. The Labute approximate surface area is 127 Å². The number of hydrogen-bond acceptors (Lipinski definition) is 3. The Morgan fingerprint density at radius 1 is 1.40 bits per heavy atom. The fourth-order valence-electron chi connectivity index (χ4n) is 1.71. The highest BCUT2D eigenvalue weighted by Gasteiger charge is 2.20. The van der Waals surface area contributed by atoms with Crippen LogP contribution in [-0.2, 0) is 10.0 Å². The summed E-state index contributed by atoms with van der Waals surface area (Å²) in [7, 11) is -3.82. The lowest BCUT2D eigenvalue weighted by Gasteiger charge is -2.22. The Morgan fingerprint density at radius 3 is 2.50 bits per heavy atom. The molecule has 0 spiro atoms. The third-order valence-electron chi connectivity index (χ3n) is 2.56. The number of sulfonamides is 1. The van der Waals surface area contributed by atoms with Crippen LogP contribution in [0.3, 0.4) is 0 Å². The molecule has 0 aliphatic carbocycles. The first-order chi connectivity index (χ1) is 9.01. The monoisotopic (exact) mass is 367 g/mol. The Morgan fingerprint density at radius 2 is 2.00 bits per heavy atom. The van der Waals surface area contributed by atoms with Gasteiger partial charge in [-0.1, -0.05) is 20.8 Å². The topological polar surface area (TPSA) is 66.4 Å². The molecule has 20 heavy (non-hydrogen) atoms. The summed E-state index contributed by atoms with van der Waals surface area (Å²) in [6, 6.07) is 3.56. The van der Waals surface area contributed by atoms with Gasteiger partial charge in [0.25, 0.3) is 0 Å². The number of aliphatic hydroxyl groups is 1. The highest BCUT2D eigenvalue weighted by molar-refractivity contribution is 9.10. The van der Waals surface area contributed by atoms with Crippen molar-refractivity contribution in [2.75, 3.05) is 6.54 Å². The van der Waals surface area contributed by atoms with Gasteiger partial charge in [-0.2, -0.15) is 0 Å². The molecule has 0 heterocycles. The van der Waals surface area contributed by atoms with Crippen LogP contribution >= 0.6 is 15.9 Å². The van der Waals surface area contributed by atoms with Crippen molar-refractivity contribution < 1.29 is 17.9 Å². The van der Waals surface area contributed by atoms with E-state index in [1.165, 1.54) is 12.1 Å². The maximum absolute atomic E-state index is 13.3.